The Morgan fingerprint density at radius 3 is 2.48 bits per heavy atom. The molecule has 1 aromatic carbocycles. The summed E-state index contributed by atoms with van der Waals surface area (Å²) < 4.78 is 1.83. The number of aromatic nitrogens is 2. The van der Waals surface area contributed by atoms with Gasteiger partial charge in [0.05, 0.1) is 22.8 Å². The van der Waals surface area contributed by atoms with E-state index >= 15 is 0 Å². The van der Waals surface area contributed by atoms with Crippen molar-refractivity contribution < 1.29 is 9.59 Å². The molecule has 7 nitrogen and oxygen atoms in total. The van der Waals surface area contributed by atoms with E-state index < -0.39 is 0 Å². The summed E-state index contributed by atoms with van der Waals surface area (Å²) >= 11 is 1.52. The summed E-state index contributed by atoms with van der Waals surface area (Å²) in [5, 5.41) is 11.0. The van der Waals surface area contributed by atoms with Gasteiger partial charge in [0.25, 0.3) is 5.91 Å². The summed E-state index contributed by atoms with van der Waals surface area (Å²) in [7, 11) is 0. The Morgan fingerprint density at radius 2 is 1.82 bits per heavy atom. The van der Waals surface area contributed by atoms with Crippen molar-refractivity contribution >= 4 is 29.0 Å². The number of aryl methyl sites for hydroxylation is 1. The van der Waals surface area contributed by atoms with Gasteiger partial charge in [-0.1, -0.05) is 18.2 Å². The topological polar surface area (TPSA) is 79.3 Å². The molecule has 1 aliphatic carbocycles. The third kappa shape index (κ3) is 5.34. The maximum Gasteiger partial charge on any atom is 0.261 e. The van der Waals surface area contributed by atoms with Crippen molar-refractivity contribution in [3.8, 4) is 5.69 Å². The van der Waals surface area contributed by atoms with Gasteiger partial charge in [-0.3, -0.25) is 14.5 Å². The molecule has 2 N–H and O–H groups in total. The molecule has 0 bridgehead atoms. The Kier molecular flexibility index (Phi) is 6.28. The molecule has 2 fully saturated rings. The van der Waals surface area contributed by atoms with Crippen LogP contribution in [0, 0.1) is 6.92 Å². The van der Waals surface area contributed by atoms with E-state index in [-0.39, 0.29) is 17.9 Å². The number of rotatable bonds is 7. The predicted molar refractivity (Wildman–Crippen MR) is 130 cm³/mol. The van der Waals surface area contributed by atoms with Gasteiger partial charge in [-0.15, -0.1) is 11.3 Å². The molecule has 2 aromatic heterocycles. The number of nitrogens with zero attached hydrogens (tertiary/aromatic N) is 3. The number of amides is 2. The first-order valence-electron chi connectivity index (χ1n) is 11.6. The van der Waals surface area contributed by atoms with E-state index in [0.717, 1.165) is 65.7 Å². The van der Waals surface area contributed by atoms with E-state index in [4.69, 9.17) is 5.10 Å². The molecular formula is C25H29N5O2S. The summed E-state index contributed by atoms with van der Waals surface area (Å²) in [6.45, 7) is 3.91. The Hall–Kier alpha value is -2.97. The summed E-state index contributed by atoms with van der Waals surface area (Å²) in [4.78, 5) is 29.3. The lowest BCUT2D eigenvalue weighted by atomic mass is 10.0. The van der Waals surface area contributed by atoms with Crippen molar-refractivity contribution in [1.82, 2.24) is 20.0 Å². The standard InChI is InChI=1S/C25H29N5O2S/c1-17-7-10-22(33-17)25(32)26-19-11-13-29(14-12-19)16-24(31)27-23-15-21(18-8-9-18)28-30(23)20-5-3-2-4-6-20/h2-7,10,15,18-19H,8-9,11-14,16H2,1H3,(H,26,32)(H,27,31). The molecule has 1 saturated heterocycles. The third-order valence-electron chi connectivity index (χ3n) is 6.25. The molecule has 172 valence electrons. The average Bonchev–Trinajstić information content (AvgIpc) is 3.44. The van der Waals surface area contributed by atoms with Crippen LogP contribution in [0.2, 0.25) is 0 Å². The van der Waals surface area contributed by atoms with Crippen LogP contribution in [0.1, 0.15) is 51.8 Å². The van der Waals surface area contributed by atoms with Gasteiger partial charge < -0.3 is 10.6 Å². The van der Waals surface area contributed by atoms with Gasteiger partial charge in [0.15, 0.2) is 0 Å². The zero-order valence-electron chi connectivity index (χ0n) is 18.8. The number of anilines is 1. The number of piperidine rings is 1. The second-order valence-electron chi connectivity index (χ2n) is 8.96. The molecule has 1 saturated carbocycles. The van der Waals surface area contributed by atoms with Gasteiger partial charge in [-0.05, 0) is 56.9 Å². The maximum absolute atomic E-state index is 12.8. The van der Waals surface area contributed by atoms with Crippen molar-refractivity contribution in [2.45, 2.75) is 44.6 Å². The van der Waals surface area contributed by atoms with Crippen LogP contribution in [0.15, 0.2) is 48.5 Å². The highest BCUT2D eigenvalue weighted by Crippen LogP contribution is 2.40. The highest BCUT2D eigenvalue weighted by Gasteiger charge is 2.28. The van der Waals surface area contributed by atoms with Crippen LogP contribution >= 0.6 is 11.3 Å². The molecule has 1 aliphatic heterocycles. The minimum atomic E-state index is -0.0361. The number of thiophene rings is 1. The zero-order valence-corrected chi connectivity index (χ0v) is 19.6. The van der Waals surface area contributed by atoms with Crippen LogP contribution in [-0.2, 0) is 4.79 Å². The van der Waals surface area contributed by atoms with E-state index in [0.29, 0.717) is 12.5 Å². The van der Waals surface area contributed by atoms with Crippen molar-refractivity contribution in [2.75, 3.05) is 25.0 Å². The fourth-order valence-electron chi connectivity index (χ4n) is 4.27. The number of hydrogen-bond acceptors (Lipinski definition) is 5. The Bertz CT molecular complexity index is 1130. The Labute approximate surface area is 197 Å². The smallest absolute Gasteiger partial charge is 0.261 e. The normalized spacial score (nSPS) is 17.1. The predicted octanol–water partition coefficient (Wildman–Crippen LogP) is 3.95. The van der Waals surface area contributed by atoms with Crippen LogP contribution in [0.3, 0.4) is 0 Å². The van der Waals surface area contributed by atoms with Crippen LogP contribution in [-0.4, -0.2) is 52.2 Å². The van der Waals surface area contributed by atoms with Gasteiger partial charge in [0, 0.05) is 36.0 Å². The second-order valence-corrected chi connectivity index (χ2v) is 10.2. The lowest BCUT2D eigenvalue weighted by Crippen LogP contribution is -2.46. The fourth-order valence-corrected chi connectivity index (χ4v) is 5.04. The molecule has 0 spiro atoms. The molecule has 2 aliphatic rings. The van der Waals surface area contributed by atoms with E-state index in [9.17, 15) is 9.59 Å². The molecule has 5 rings (SSSR count). The summed E-state index contributed by atoms with van der Waals surface area (Å²) in [5.41, 5.74) is 1.99. The van der Waals surface area contributed by atoms with Crippen LogP contribution < -0.4 is 10.6 Å². The summed E-state index contributed by atoms with van der Waals surface area (Å²) in [6.07, 6.45) is 4.02. The first-order chi connectivity index (χ1) is 16.0. The maximum atomic E-state index is 12.8. The van der Waals surface area contributed by atoms with Crippen LogP contribution in [0.5, 0.6) is 0 Å². The minimum absolute atomic E-state index is 0.00457. The highest BCUT2D eigenvalue weighted by atomic mass is 32.1. The lowest BCUT2D eigenvalue weighted by molar-refractivity contribution is -0.117. The van der Waals surface area contributed by atoms with Gasteiger partial charge >= 0.3 is 0 Å². The van der Waals surface area contributed by atoms with E-state index in [1.807, 2.05) is 60.1 Å². The Balaban J connectivity index is 1.15. The fraction of sp³-hybridized carbons (Fsp3) is 0.400. The minimum Gasteiger partial charge on any atom is -0.349 e. The molecule has 3 heterocycles. The monoisotopic (exact) mass is 463 g/mol. The van der Waals surface area contributed by atoms with E-state index in [1.54, 1.807) is 0 Å². The van der Waals surface area contributed by atoms with Crippen LogP contribution in [0.4, 0.5) is 5.82 Å². The summed E-state index contributed by atoms with van der Waals surface area (Å²) in [6, 6.07) is 15.9. The van der Waals surface area contributed by atoms with Gasteiger partial charge in [0.1, 0.15) is 5.82 Å². The van der Waals surface area contributed by atoms with E-state index in [2.05, 4.69) is 15.5 Å². The SMILES string of the molecule is Cc1ccc(C(=O)NC2CCN(CC(=O)Nc3cc(C4CC4)nn3-c3ccccc3)CC2)s1. The number of carbonyl (C=O) groups excluding carboxylic acids is 2. The number of benzene rings is 1. The van der Waals surface area contributed by atoms with Gasteiger partial charge in [-0.2, -0.15) is 5.10 Å². The number of carbonyl (C=O) groups is 2. The number of hydrogen-bond donors (Lipinski definition) is 2. The Morgan fingerprint density at radius 1 is 1.06 bits per heavy atom. The molecular weight excluding hydrogens is 434 g/mol. The van der Waals surface area contributed by atoms with Crippen molar-refractivity contribution in [2.24, 2.45) is 0 Å². The summed E-state index contributed by atoms with van der Waals surface area (Å²) in [5.74, 6) is 1.20. The van der Waals surface area contributed by atoms with Gasteiger partial charge in [0.2, 0.25) is 5.91 Å². The molecule has 0 atom stereocenters. The molecule has 0 unspecified atom stereocenters. The quantitative estimate of drug-likeness (QED) is 0.556. The van der Waals surface area contributed by atoms with Crippen molar-refractivity contribution in [3.63, 3.8) is 0 Å². The molecule has 2 amide bonds. The van der Waals surface area contributed by atoms with Crippen molar-refractivity contribution in [1.29, 1.82) is 0 Å². The largest absolute Gasteiger partial charge is 0.349 e. The first-order valence-corrected chi connectivity index (χ1v) is 12.4. The van der Waals surface area contributed by atoms with E-state index in [1.165, 1.54) is 11.3 Å². The highest BCUT2D eigenvalue weighted by molar-refractivity contribution is 7.13. The van der Waals surface area contributed by atoms with Crippen LogP contribution in [0.25, 0.3) is 5.69 Å². The van der Waals surface area contributed by atoms with Crippen molar-refractivity contribution in [3.05, 3.63) is 64.0 Å². The zero-order chi connectivity index (χ0) is 22.8. The van der Waals surface area contributed by atoms with Gasteiger partial charge in [-0.25, -0.2) is 4.68 Å². The second kappa shape index (κ2) is 9.49. The number of likely N-dealkylation sites (tertiary alicyclic amines) is 1. The molecule has 0 radical (unpaired) electrons. The first kappa shape index (κ1) is 21.9. The molecule has 33 heavy (non-hydrogen) atoms. The number of para-hydroxylation sites is 1. The lowest BCUT2D eigenvalue weighted by Gasteiger charge is -2.31. The molecule has 8 heteroatoms. The molecule has 3 aromatic rings. The third-order valence-corrected chi connectivity index (χ3v) is 7.25. The average molecular weight is 464 g/mol. The number of nitrogens with one attached hydrogen (secondary N) is 2.